The average Bonchev–Trinajstić information content (AvgIpc) is 2.61. The Kier molecular flexibility index (Phi) is 4.65. The Morgan fingerprint density at radius 3 is 2.61 bits per heavy atom. The first kappa shape index (κ1) is 15.2. The third-order valence-corrected chi connectivity index (χ3v) is 3.46. The van der Waals surface area contributed by atoms with E-state index in [4.69, 9.17) is 4.74 Å². The van der Waals surface area contributed by atoms with E-state index < -0.39 is 0 Å². The van der Waals surface area contributed by atoms with Gasteiger partial charge in [0.05, 0.1) is 13.2 Å². The van der Waals surface area contributed by atoms with Crippen molar-refractivity contribution in [3.05, 3.63) is 65.2 Å². The molecule has 1 aliphatic heterocycles. The molecule has 0 aliphatic carbocycles. The lowest BCUT2D eigenvalue weighted by Gasteiger charge is -2.26. The van der Waals surface area contributed by atoms with Gasteiger partial charge in [0.15, 0.2) is 0 Å². The SMILES string of the molecule is O=C(c1ccc(C#Cc2cccc(F)c2)cn1)N1CCOCC1. The maximum Gasteiger partial charge on any atom is 0.272 e. The van der Waals surface area contributed by atoms with E-state index in [1.165, 1.54) is 12.1 Å². The van der Waals surface area contributed by atoms with Crippen molar-refractivity contribution in [3.63, 3.8) is 0 Å². The third-order valence-electron chi connectivity index (χ3n) is 3.46. The summed E-state index contributed by atoms with van der Waals surface area (Å²) in [6.45, 7) is 2.29. The van der Waals surface area contributed by atoms with Gasteiger partial charge in [0.1, 0.15) is 11.5 Å². The summed E-state index contributed by atoms with van der Waals surface area (Å²) in [6.07, 6.45) is 1.56. The van der Waals surface area contributed by atoms with Crippen molar-refractivity contribution >= 4 is 5.91 Å². The lowest BCUT2D eigenvalue weighted by atomic mass is 10.2. The first-order chi connectivity index (χ1) is 11.2. The number of hydrogen-bond donors (Lipinski definition) is 0. The molecule has 0 atom stereocenters. The number of aromatic nitrogens is 1. The molecule has 0 bridgehead atoms. The summed E-state index contributed by atoms with van der Waals surface area (Å²) < 4.78 is 18.3. The van der Waals surface area contributed by atoms with Gasteiger partial charge in [-0.15, -0.1) is 0 Å². The zero-order valence-electron chi connectivity index (χ0n) is 12.5. The zero-order valence-corrected chi connectivity index (χ0v) is 12.5. The first-order valence-corrected chi connectivity index (χ1v) is 7.33. The summed E-state index contributed by atoms with van der Waals surface area (Å²) in [5.74, 6) is 5.36. The summed E-state index contributed by atoms with van der Waals surface area (Å²) in [4.78, 5) is 18.2. The molecule has 1 saturated heterocycles. The van der Waals surface area contributed by atoms with E-state index in [2.05, 4.69) is 16.8 Å². The smallest absolute Gasteiger partial charge is 0.272 e. The zero-order chi connectivity index (χ0) is 16.1. The fraction of sp³-hybridized carbons (Fsp3) is 0.222. The number of halogens is 1. The van der Waals surface area contributed by atoms with Crippen LogP contribution in [0.15, 0.2) is 42.6 Å². The lowest BCUT2D eigenvalue weighted by Crippen LogP contribution is -2.41. The predicted octanol–water partition coefficient (Wildman–Crippen LogP) is 2.09. The highest BCUT2D eigenvalue weighted by molar-refractivity contribution is 5.92. The van der Waals surface area contributed by atoms with Gasteiger partial charge in [-0.3, -0.25) is 4.79 Å². The Labute approximate surface area is 133 Å². The van der Waals surface area contributed by atoms with Crippen LogP contribution in [0.4, 0.5) is 4.39 Å². The highest BCUT2D eigenvalue weighted by atomic mass is 19.1. The van der Waals surface area contributed by atoms with Gasteiger partial charge in [-0.05, 0) is 30.3 Å². The topological polar surface area (TPSA) is 42.4 Å². The molecule has 0 unspecified atom stereocenters. The van der Waals surface area contributed by atoms with Crippen molar-refractivity contribution in [2.45, 2.75) is 0 Å². The number of benzene rings is 1. The van der Waals surface area contributed by atoms with Crippen molar-refractivity contribution in [2.75, 3.05) is 26.3 Å². The summed E-state index contributed by atoms with van der Waals surface area (Å²) in [7, 11) is 0. The minimum atomic E-state index is -0.318. The van der Waals surface area contributed by atoms with E-state index in [0.717, 1.165) is 0 Å². The molecule has 23 heavy (non-hydrogen) atoms. The molecule has 2 aromatic rings. The molecule has 1 aromatic heterocycles. The Morgan fingerprint density at radius 2 is 1.91 bits per heavy atom. The quantitative estimate of drug-likeness (QED) is 0.758. The number of rotatable bonds is 1. The van der Waals surface area contributed by atoms with Crippen LogP contribution in [0.3, 0.4) is 0 Å². The molecule has 1 amide bonds. The molecule has 2 heterocycles. The van der Waals surface area contributed by atoms with Crippen LogP contribution in [-0.2, 0) is 4.74 Å². The fourth-order valence-corrected chi connectivity index (χ4v) is 2.23. The van der Waals surface area contributed by atoms with E-state index in [0.29, 0.717) is 43.1 Å². The Balaban J connectivity index is 1.71. The Hall–Kier alpha value is -2.71. The minimum Gasteiger partial charge on any atom is -0.378 e. The number of hydrogen-bond acceptors (Lipinski definition) is 3. The maximum atomic E-state index is 13.1. The highest BCUT2D eigenvalue weighted by Gasteiger charge is 2.19. The third kappa shape index (κ3) is 3.93. The molecule has 0 spiro atoms. The van der Waals surface area contributed by atoms with Gasteiger partial charge in [0, 0.05) is 30.4 Å². The van der Waals surface area contributed by atoms with Crippen LogP contribution in [0.2, 0.25) is 0 Å². The van der Waals surface area contributed by atoms with E-state index >= 15 is 0 Å². The van der Waals surface area contributed by atoms with Crippen molar-refractivity contribution in [1.82, 2.24) is 9.88 Å². The van der Waals surface area contributed by atoms with Crippen molar-refractivity contribution in [3.8, 4) is 11.8 Å². The van der Waals surface area contributed by atoms with Crippen molar-refractivity contribution in [1.29, 1.82) is 0 Å². The molecule has 3 rings (SSSR count). The molecular formula is C18H15FN2O2. The van der Waals surface area contributed by atoms with Crippen molar-refractivity contribution in [2.24, 2.45) is 0 Å². The van der Waals surface area contributed by atoms with Crippen LogP contribution in [0.25, 0.3) is 0 Å². The number of amides is 1. The summed E-state index contributed by atoms with van der Waals surface area (Å²) in [6, 6.07) is 9.50. The Bertz CT molecular complexity index is 757. The number of morpholine rings is 1. The lowest BCUT2D eigenvalue weighted by molar-refractivity contribution is 0.0299. The van der Waals surface area contributed by atoms with Gasteiger partial charge in [0.25, 0.3) is 5.91 Å². The molecule has 1 aromatic carbocycles. The molecule has 0 N–H and O–H groups in total. The second-order valence-corrected chi connectivity index (χ2v) is 5.10. The average molecular weight is 310 g/mol. The molecule has 116 valence electrons. The van der Waals surface area contributed by atoms with Crippen LogP contribution in [0, 0.1) is 17.7 Å². The fourth-order valence-electron chi connectivity index (χ4n) is 2.23. The second kappa shape index (κ2) is 7.03. The maximum absolute atomic E-state index is 13.1. The number of ether oxygens (including phenoxy) is 1. The highest BCUT2D eigenvalue weighted by Crippen LogP contribution is 2.07. The molecular weight excluding hydrogens is 295 g/mol. The molecule has 4 nitrogen and oxygen atoms in total. The van der Waals surface area contributed by atoms with Gasteiger partial charge in [-0.2, -0.15) is 0 Å². The van der Waals surface area contributed by atoms with Gasteiger partial charge in [-0.25, -0.2) is 9.37 Å². The molecule has 1 fully saturated rings. The van der Waals surface area contributed by atoms with Gasteiger partial charge in [-0.1, -0.05) is 17.9 Å². The van der Waals surface area contributed by atoms with Gasteiger partial charge >= 0.3 is 0 Å². The van der Waals surface area contributed by atoms with Crippen LogP contribution >= 0.6 is 0 Å². The largest absolute Gasteiger partial charge is 0.378 e. The van der Waals surface area contributed by atoms with Crippen LogP contribution < -0.4 is 0 Å². The monoisotopic (exact) mass is 310 g/mol. The summed E-state index contributed by atoms with van der Waals surface area (Å²) >= 11 is 0. The van der Waals surface area contributed by atoms with E-state index in [-0.39, 0.29) is 11.7 Å². The standard InChI is InChI=1S/C18H15FN2O2/c19-16-3-1-2-14(12-16)4-5-15-6-7-17(20-13-15)18(22)21-8-10-23-11-9-21/h1-3,6-7,12-13H,8-11H2. The molecule has 5 heteroatoms. The van der Waals surface area contributed by atoms with Gasteiger partial charge in [0.2, 0.25) is 0 Å². The number of nitrogens with zero attached hydrogens (tertiary/aromatic N) is 2. The van der Waals surface area contributed by atoms with Crippen LogP contribution in [0.5, 0.6) is 0 Å². The minimum absolute atomic E-state index is 0.0991. The number of carbonyl (C=O) groups excluding carboxylic acids is 1. The van der Waals surface area contributed by atoms with E-state index in [1.807, 2.05) is 0 Å². The number of pyridine rings is 1. The molecule has 0 radical (unpaired) electrons. The van der Waals surface area contributed by atoms with Crippen LogP contribution in [0.1, 0.15) is 21.6 Å². The van der Waals surface area contributed by atoms with Crippen LogP contribution in [-0.4, -0.2) is 42.1 Å². The molecule has 1 aliphatic rings. The number of carbonyl (C=O) groups is 1. The predicted molar refractivity (Wildman–Crippen MR) is 83.3 cm³/mol. The Morgan fingerprint density at radius 1 is 1.13 bits per heavy atom. The normalized spacial score (nSPS) is 14.0. The van der Waals surface area contributed by atoms with Gasteiger partial charge < -0.3 is 9.64 Å². The van der Waals surface area contributed by atoms with E-state index in [9.17, 15) is 9.18 Å². The first-order valence-electron chi connectivity index (χ1n) is 7.33. The summed E-state index contributed by atoms with van der Waals surface area (Å²) in [5.41, 5.74) is 1.66. The van der Waals surface area contributed by atoms with Crippen molar-refractivity contribution < 1.29 is 13.9 Å². The summed E-state index contributed by atoms with van der Waals surface area (Å²) in [5, 5.41) is 0. The second-order valence-electron chi connectivity index (χ2n) is 5.10. The van der Waals surface area contributed by atoms with E-state index in [1.54, 1.807) is 35.4 Å². The molecule has 0 saturated carbocycles.